The van der Waals surface area contributed by atoms with Gasteiger partial charge in [0.05, 0.1) is 12.0 Å². The first-order valence-electron chi connectivity index (χ1n) is 13.2. The van der Waals surface area contributed by atoms with Crippen molar-refractivity contribution in [1.29, 1.82) is 0 Å². The molecule has 0 saturated carbocycles. The number of rotatable bonds is 16. The van der Waals surface area contributed by atoms with E-state index < -0.39 is 23.9 Å². The van der Waals surface area contributed by atoms with E-state index in [-0.39, 0.29) is 17.9 Å². The van der Waals surface area contributed by atoms with E-state index in [0.717, 1.165) is 12.1 Å². The smallest absolute Gasteiger partial charge is 0.390 e. The zero-order valence-electron chi connectivity index (χ0n) is 21.8. The number of carbonyl (C=O) groups is 1. The summed E-state index contributed by atoms with van der Waals surface area (Å²) in [5.74, 6) is -0.876. The Morgan fingerprint density at radius 2 is 1.65 bits per heavy atom. The lowest BCUT2D eigenvalue weighted by atomic mass is 10.1. The lowest BCUT2D eigenvalue weighted by molar-refractivity contribution is -0.137. The van der Waals surface area contributed by atoms with E-state index in [1.807, 2.05) is 0 Å². The molecular formula is C28H42F4N2O2S. The van der Waals surface area contributed by atoms with Crippen molar-refractivity contribution < 1.29 is 27.5 Å². The number of carboxylic acid groups (broad SMARTS) is 1. The molecule has 9 heteroatoms. The number of halogens is 4. The zero-order chi connectivity index (χ0) is 27.5. The minimum atomic E-state index is -4.30. The summed E-state index contributed by atoms with van der Waals surface area (Å²) in [7, 11) is 0. The molecule has 0 aliphatic carbocycles. The molecule has 0 amide bonds. The molecule has 1 atom stereocenters. The van der Waals surface area contributed by atoms with Gasteiger partial charge < -0.3 is 15.7 Å². The third-order valence-electron chi connectivity index (χ3n) is 5.88. The topological polar surface area (TPSA) is 66.6 Å². The van der Waals surface area contributed by atoms with Gasteiger partial charge >= 0.3 is 12.1 Å². The third-order valence-corrected chi connectivity index (χ3v) is 7.24. The molecule has 4 nitrogen and oxygen atoms in total. The first kappa shape index (κ1) is 33.0. The second-order valence-electron chi connectivity index (χ2n) is 9.09. The first-order valence-corrected chi connectivity index (χ1v) is 14.2. The number of thioether (sulfide) groups is 1. The van der Waals surface area contributed by atoms with Crippen LogP contribution in [0.1, 0.15) is 76.7 Å². The van der Waals surface area contributed by atoms with Crippen molar-refractivity contribution in [3.63, 3.8) is 0 Å². The van der Waals surface area contributed by atoms with Crippen LogP contribution in [0.4, 0.5) is 17.6 Å². The quantitative estimate of drug-likeness (QED) is 0.164. The monoisotopic (exact) mass is 546 g/mol. The number of aliphatic carboxylic acids is 1. The summed E-state index contributed by atoms with van der Waals surface area (Å²) < 4.78 is 50.4. The number of unbranched alkanes of at least 4 members (excludes halogenated alkanes) is 7. The van der Waals surface area contributed by atoms with Crippen LogP contribution in [0.2, 0.25) is 0 Å². The maximum absolute atomic E-state index is 12.9. The fourth-order valence-electron chi connectivity index (χ4n) is 3.81. The maximum atomic E-state index is 12.9. The number of allylic oxidation sites excluding steroid dienone is 2. The molecule has 0 aromatic heterocycles. The molecule has 0 saturated heterocycles. The summed E-state index contributed by atoms with van der Waals surface area (Å²) in [4.78, 5) is 12.8. The second-order valence-corrected chi connectivity index (χ2v) is 10.3. The average Bonchev–Trinajstić information content (AvgIpc) is 2.86. The number of nitrogens with two attached hydrogens (primary N) is 1. The number of hydrogen-bond acceptors (Lipinski definition) is 4. The molecule has 2 rings (SSSR count). The summed E-state index contributed by atoms with van der Waals surface area (Å²) in [6.07, 6.45) is 11.4. The Kier molecular flexibility index (Phi) is 17.1. The Balaban J connectivity index is 0.000000525. The highest BCUT2D eigenvalue weighted by Crippen LogP contribution is 2.30. The predicted molar refractivity (Wildman–Crippen MR) is 145 cm³/mol. The fourth-order valence-corrected chi connectivity index (χ4v) is 5.07. The molecule has 0 fully saturated rings. The highest BCUT2D eigenvalue weighted by atomic mass is 32.2. The van der Waals surface area contributed by atoms with Crippen LogP contribution >= 0.6 is 11.8 Å². The molecule has 0 spiro atoms. The van der Waals surface area contributed by atoms with Gasteiger partial charge in [-0.25, -0.2) is 9.18 Å². The number of aryl methyl sites for hydroxylation is 1. The molecule has 1 aromatic carbocycles. The number of hydrogen-bond donors (Lipinski definition) is 2. The average molecular weight is 547 g/mol. The lowest BCUT2D eigenvalue weighted by Gasteiger charge is -2.33. The van der Waals surface area contributed by atoms with E-state index in [2.05, 4.69) is 6.92 Å². The SMILES string of the molecule is CCCCCCCCCCN.O=C(O)C1=CC=CN(CCC(F)(F)F)C1SCCCc1ccc(F)cc1. The Morgan fingerprint density at radius 1 is 1.03 bits per heavy atom. The van der Waals surface area contributed by atoms with Crippen LogP contribution in [-0.4, -0.2) is 46.4 Å². The predicted octanol–water partition coefficient (Wildman–Crippen LogP) is 7.70. The van der Waals surface area contributed by atoms with Gasteiger partial charge in [0.2, 0.25) is 0 Å². The van der Waals surface area contributed by atoms with Gasteiger partial charge in [-0.1, -0.05) is 64.0 Å². The van der Waals surface area contributed by atoms with Crippen molar-refractivity contribution in [2.24, 2.45) is 5.73 Å². The third kappa shape index (κ3) is 15.8. The molecule has 1 heterocycles. The zero-order valence-corrected chi connectivity index (χ0v) is 22.6. The van der Waals surface area contributed by atoms with E-state index in [0.29, 0.717) is 18.6 Å². The van der Waals surface area contributed by atoms with Crippen LogP contribution in [0.5, 0.6) is 0 Å². The fraction of sp³-hybridized carbons (Fsp3) is 0.607. The standard InChI is InChI=1S/C18H19F4NO2S.C10H23N/c19-14-7-5-13(6-8-14)3-2-12-26-16-15(17(24)25)4-1-10-23(16)11-9-18(20,21)22;1-2-3-4-5-6-7-8-9-10-11/h1,4-8,10,16H,2-3,9,11-12H2,(H,24,25);2-11H2,1H3. The molecule has 1 aromatic rings. The summed E-state index contributed by atoms with van der Waals surface area (Å²) >= 11 is 1.30. The summed E-state index contributed by atoms with van der Waals surface area (Å²) in [5, 5.41) is 8.66. The number of alkyl halides is 3. The van der Waals surface area contributed by atoms with Crippen molar-refractivity contribution in [2.75, 3.05) is 18.8 Å². The van der Waals surface area contributed by atoms with Gasteiger partial charge in [-0.2, -0.15) is 13.2 Å². The van der Waals surface area contributed by atoms with Crippen LogP contribution in [0.3, 0.4) is 0 Å². The molecule has 0 bridgehead atoms. The first-order chi connectivity index (χ1) is 17.7. The normalized spacial score (nSPS) is 15.2. The van der Waals surface area contributed by atoms with E-state index in [9.17, 15) is 27.5 Å². The van der Waals surface area contributed by atoms with Gasteiger partial charge in [0.15, 0.2) is 0 Å². The van der Waals surface area contributed by atoms with Crippen LogP contribution in [-0.2, 0) is 11.2 Å². The molecular weight excluding hydrogens is 504 g/mol. The van der Waals surface area contributed by atoms with Gasteiger partial charge in [0.1, 0.15) is 11.2 Å². The molecule has 210 valence electrons. The van der Waals surface area contributed by atoms with Gasteiger partial charge in [-0.3, -0.25) is 0 Å². The highest BCUT2D eigenvalue weighted by Gasteiger charge is 2.32. The molecule has 1 aliphatic rings. The van der Waals surface area contributed by atoms with Crippen molar-refractivity contribution in [2.45, 2.75) is 89.1 Å². The Bertz CT molecular complexity index is 805. The molecule has 1 aliphatic heterocycles. The van der Waals surface area contributed by atoms with Crippen molar-refractivity contribution in [1.82, 2.24) is 4.90 Å². The highest BCUT2D eigenvalue weighted by molar-refractivity contribution is 8.00. The van der Waals surface area contributed by atoms with Gasteiger partial charge in [0.25, 0.3) is 0 Å². The van der Waals surface area contributed by atoms with Gasteiger partial charge in [-0.05, 0) is 61.4 Å². The Morgan fingerprint density at radius 3 is 2.22 bits per heavy atom. The summed E-state index contributed by atoms with van der Waals surface area (Å²) in [6.45, 7) is 2.84. The van der Waals surface area contributed by atoms with Gasteiger partial charge in [-0.15, -0.1) is 11.8 Å². The Hall–Kier alpha value is -2.00. The van der Waals surface area contributed by atoms with E-state index in [4.69, 9.17) is 5.73 Å². The van der Waals surface area contributed by atoms with Crippen LogP contribution in [0.25, 0.3) is 0 Å². The minimum Gasteiger partial charge on any atom is -0.478 e. The number of carboxylic acids is 1. The number of benzene rings is 1. The summed E-state index contributed by atoms with van der Waals surface area (Å²) in [6, 6.07) is 6.11. The van der Waals surface area contributed by atoms with Crippen molar-refractivity contribution in [3.05, 3.63) is 59.6 Å². The number of nitrogens with zero attached hydrogens (tertiary/aromatic N) is 1. The largest absolute Gasteiger partial charge is 0.478 e. The summed E-state index contributed by atoms with van der Waals surface area (Å²) in [5.41, 5.74) is 6.42. The van der Waals surface area contributed by atoms with Crippen LogP contribution < -0.4 is 5.73 Å². The Labute approximate surface area is 223 Å². The minimum absolute atomic E-state index is 0.0708. The second kappa shape index (κ2) is 19.1. The molecule has 37 heavy (non-hydrogen) atoms. The molecule has 3 N–H and O–H groups in total. The van der Waals surface area contributed by atoms with E-state index in [1.54, 1.807) is 12.1 Å². The maximum Gasteiger partial charge on any atom is 0.390 e. The van der Waals surface area contributed by atoms with Crippen LogP contribution in [0.15, 0.2) is 48.2 Å². The molecule has 1 unspecified atom stereocenters. The van der Waals surface area contributed by atoms with Gasteiger partial charge in [0, 0.05) is 12.7 Å². The van der Waals surface area contributed by atoms with E-state index in [1.165, 1.54) is 98.5 Å². The van der Waals surface area contributed by atoms with Crippen molar-refractivity contribution in [3.8, 4) is 0 Å². The van der Waals surface area contributed by atoms with E-state index >= 15 is 0 Å². The molecule has 0 radical (unpaired) electrons. The van der Waals surface area contributed by atoms with Crippen molar-refractivity contribution >= 4 is 17.7 Å². The lowest BCUT2D eigenvalue weighted by Crippen LogP contribution is -2.36. The van der Waals surface area contributed by atoms with Crippen LogP contribution in [0, 0.1) is 5.82 Å².